The zero-order chi connectivity index (χ0) is 13.5. The van der Waals surface area contributed by atoms with Crippen molar-refractivity contribution >= 4 is 17.7 Å². The maximum absolute atomic E-state index is 11.7. The summed E-state index contributed by atoms with van der Waals surface area (Å²) in [6.45, 7) is 0. The van der Waals surface area contributed by atoms with Crippen molar-refractivity contribution < 1.29 is 9.59 Å². The van der Waals surface area contributed by atoms with Crippen LogP contribution >= 0.6 is 0 Å². The third-order valence-corrected chi connectivity index (χ3v) is 4.40. The highest BCUT2D eigenvalue weighted by molar-refractivity contribution is 5.95. The summed E-state index contributed by atoms with van der Waals surface area (Å²) in [5.41, 5.74) is 2.89. The quantitative estimate of drug-likeness (QED) is 0.602. The molecule has 0 bridgehead atoms. The van der Waals surface area contributed by atoms with Crippen molar-refractivity contribution in [1.82, 2.24) is 0 Å². The molecule has 2 aliphatic rings. The van der Waals surface area contributed by atoms with Crippen LogP contribution in [0.15, 0.2) is 23.2 Å². The molecule has 98 valence electrons. The van der Waals surface area contributed by atoms with Crippen LogP contribution < -0.4 is 4.90 Å². The minimum absolute atomic E-state index is 0.157. The van der Waals surface area contributed by atoms with Crippen LogP contribution in [0.1, 0.15) is 36.8 Å². The molecule has 1 aromatic carbocycles. The summed E-state index contributed by atoms with van der Waals surface area (Å²) in [6, 6.07) is 6.08. The summed E-state index contributed by atoms with van der Waals surface area (Å²) in [4.78, 5) is 28.0. The lowest BCUT2D eigenvalue weighted by molar-refractivity contribution is -0.118. The Hall–Kier alpha value is -1.93. The molecule has 0 N–H and O–H groups in total. The van der Waals surface area contributed by atoms with E-state index in [4.69, 9.17) is 0 Å². The molecule has 3 rings (SSSR count). The molecule has 1 saturated carbocycles. The minimum Gasteiger partial charge on any atom is -0.315 e. The van der Waals surface area contributed by atoms with E-state index in [1.54, 1.807) is 11.0 Å². The summed E-state index contributed by atoms with van der Waals surface area (Å²) in [6.07, 6.45) is 5.96. The minimum atomic E-state index is -0.350. The van der Waals surface area contributed by atoms with Gasteiger partial charge in [-0.15, -0.1) is 0 Å². The number of carbonyl (C=O) groups excluding carboxylic acids is 2. The Balaban J connectivity index is 2.02. The molecule has 0 radical (unpaired) electrons. The summed E-state index contributed by atoms with van der Waals surface area (Å²) in [5.74, 6) is 0.157. The van der Waals surface area contributed by atoms with Crippen molar-refractivity contribution in [3.63, 3.8) is 0 Å². The van der Waals surface area contributed by atoms with Gasteiger partial charge < -0.3 is 4.90 Å². The molecule has 0 spiro atoms. The van der Waals surface area contributed by atoms with Gasteiger partial charge in [0, 0.05) is 19.2 Å². The molecule has 0 aromatic heterocycles. The fraction of sp³-hybridized carbons (Fsp3) is 0.467. The van der Waals surface area contributed by atoms with Gasteiger partial charge in [0.2, 0.25) is 12.0 Å². The fourth-order valence-electron chi connectivity index (χ4n) is 3.01. The molecule has 1 aliphatic carbocycles. The number of benzene rings is 1. The summed E-state index contributed by atoms with van der Waals surface area (Å²) < 4.78 is 0. The number of nitrogens with zero attached hydrogens (tertiary/aromatic N) is 2. The van der Waals surface area contributed by atoms with E-state index < -0.39 is 0 Å². The number of amides is 1. The largest absolute Gasteiger partial charge is 0.315 e. The van der Waals surface area contributed by atoms with Crippen LogP contribution in [-0.2, 0) is 21.5 Å². The highest BCUT2D eigenvalue weighted by atomic mass is 16.2. The van der Waals surface area contributed by atoms with E-state index in [-0.39, 0.29) is 11.4 Å². The Bertz CT molecular complexity index is 584. The molecule has 0 saturated heterocycles. The van der Waals surface area contributed by atoms with E-state index in [0.29, 0.717) is 6.42 Å². The molecule has 4 heteroatoms. The number of isocyanates is 1. The Labute approximate surface area is 112 Å². The van der Waals surface area contributed by atoms with Gasteiger partial charge in [-0.3, -0.25) is 4.79 Å². The number of anilines is 1. The van der Waals surface area contributed by atoms with E-state index in [1.165, 1.54) is 5.56 Å². The monoisotopic (exact) mass is 256 g/mol. The number of carbonyl (C=O) groups is 1. The number of aliphatic imine (C=N–C) groups is 1. The number of aryl methyl sites for hydroxylation is 1. The van der Waals surface area contributed by atoms with Crippen LogP contribution in [0, 0.1) is 0 Å². The standard InChI is InChI=1S/C15H16N2O2/c1-17-13-5-4-12(9-11(13)3-6-14(17)19)15(16-10-18)7-2-8-15/h4-5,9H,2-3,6-8H2,1H3. The zero-order valence-corrected chi connectivity index (χ0v) is 11.0. The molecule has 1 amide bonds. The number of hydrogen-bond donors (Lipinski definition) is 0. The Morgan fingerprint density at radius 1 is 1.32 bits per heavy atom. The van der Waals surface area contributed by atoms with Gasteiger partial charge in [-0.05, 0) is 42.9 Å². The van der Waals surface area contributed by atoms with Gasteiger partial charge in [-0.2, -0.15) is 4.99 Å². The van der Waals surface area contributed by atoms with Gasteiger partial charge in [0.1, 0.15) is 0 Å². The SMILES string of the molecule is CN1C(=O)CCc2cc(C3(N=C=O)CCC3)ccc21. The predicted molar refractivity (Wildman–Crippen MR) is 71.8 cm³/mol. The van der Waals surface area contributed by atoms with Crippen molar-refractivity contribution in [2.45, 2.75) is 37.6 Å². The average Bonchev–Trinajstić information content (AvgIpc) is 2.38. The lowest BCUT2D eigenvalue weighted by atomic mass is 9.72. The van der Waals surface area contributed by atoms with Crippen molar-refractivity contribution in [1.29, 1.82) is 0 Å². The Morgan fingerprint density at radius 3 is 2.74 bits per heavy atom. The highest BCUT2D eigenvalue weighted by Crippen LogP contribution is 2.46. The molecular formula is C15H16N2O2. The van der Waals surface area contributed by atoms with Crippen molar-refractivity contribution in [3.8, 4) is 0 Å². The van der Waals surface area contributed by atoms with Crippen LogP contribution in [0.25, 0.3) is 0 Å². The predicted octanol–water partition coefficient (Wildman–Crippen LogP) is 2.31. The van der Waals surface area contributed by atoms with Crippen molar-refractivity contribution in [2.24, 2.45) is 4.99 Å². The van der Waals surface area contributed by atoms with Crippen LogP contribution in [0.4, 0.5) is 5.69 Å². The van der Waals surface area contributed by atoms with Crippen LogP contribution in [0.2, 0.25) is 0 Å². The molecule has 4 nitrogen and oxygen atoms in total. The Kier molecular flexibility index (Phi) is 2.76. The number of hydrogen-bond acceptors (Lipinski definition) is 3. The molecule has 0 unspecified atom stereocenters. The van der Waals surface area contributed by atoms with Gasteiger partial charge in [0.05, 0.1) is 5.54 Å². The zero-order valence-electron chi connectivity index (χ0n) is 11.0. The molecule has 1 heterocycles. The summed E-state index contributed by atoms with van der Waals surface area (Å²) in [5, 5.41) is 0. The van der Waals surface area contributed by atoms with Crippen LogP contribution in [0.3, 0.4) is 0 Å². The topological polar surface area (TPSA) is 49.7 Å². The van der Waals surface area contributed by atoms with E-state index in [1.807, 2.05) is 19.2 Å². The van der Waals surface area contributed by atoms with E-state index in [9.17, 15) is 9.59 Å². The second-order valence-corrected chi connectivity index (χ2v) is 5.38. The van der Waals surface area contributed by atoms with Gasteiger partial charge in [0.25, 0.3) is 0 Å². The third kappa shape index (κ3) is 1.80. The normalized spacial score (nSPS) is 20.3. The first-order chi connectivity index (χ1) is 9.16. The first-order valence-electron chi connectivity index (χ1n) is 6.65. The summed E-state index contributed by atoms with van der Waals surface area (Å²) in [7, 11) is 1.81. The fourth-order valence-corrected chi connectivity index (χ4v) is 3.01. The van der Waals surface area contributed by atoms with Gasteiger partial charge in [0.15, 0.2) is 0 Å². The molecule has 1 aliphatic heterocycles. The Morgan fingerprint density at radius 2 is 2.11 bits per heavy atom. The lowest BCUT2D eigenvalue weighted by Crippen LogP contribution is -2.34. The van der Waals surface area contributed by atoms with Crippen molar-refractivity contribution in [2.75, 3.05) is 11.9 Å². The third-order valence-electron chi connectivity index (χ3n) is 4.40. The molecule has 19 heavy (non-hydrogen) atoms. The van der Waals surface area contributed by atoms with Gasteiger partial charge in [-0.25, -0.2) is 4.79 Å². The van der Waals surface area contributed by atoms with Crippen LogP contribution in [0.5, 0.6) is 0 Å². The molecule has 1 aromatic rings. The maximum atomic E-state index is 11.7. The molecular weight excluding hydrogens is 240 g/mol. The smallest absolute Gasteiger partial charge is 0.235 e. The van der Waals surface area contributed by atoms with Crippen LogP contribution in [-0.4, -0.2) is 19.0 Å². The average molecular weight is 256 g/mol. The highest BCUT2D eigenvalue weighted by Gasteiger charge is 2.39. The summed E-state index contributed by atoms with van der Waals surface area (Å²) >= 11 is 0. The number of rotatable bonds is 2. The first-order valence-corrected chi connectivity index (χ1v) is 6.65. The van der Waals surface area contributed by atoms with Crippen molar-refractivity contribution in [3.05, 3.63) is 29.3 Å². The van der Waals surface area contributed by atoms with Gasteiger partial charge in [-0.1, -0.05) is 12.1 Å². The molecule has 0 atom stereocenters. The first kappa shape index (κ1) is 12.1. The second-order valence-electron chi connectivity index (χ2n) is 5.38. The molecule has 1 fully saturated rings. The maximum Gasteiger partial charge on any atom is 0.235 e. The lowest BCUT2D eigenvalue weighted by Gasteiger charge is -2.38. The number of fused-ring (bicyclic) bond motifs is 1. The van der Waals surface area contributed by atoms with E-state index >= 15 is 0 Å². The van der Waals surface area contributed by atoms with Gasteiger partial charge >= 0.3 is 0 Å². The van der Waals surface area contributed by atoms with E-state index in [2.05, 4.69) is 11.1 Å². The van der Waals surface area contributed by atoms with E-state index in [0.717, 1.165) is 36.9 Å². The second kappa shape index (κ2) is 4.32.